The Bertz CT molecular complexity index is 409. The molecule has 1 heterocycles. The second-order valence-corrected chi connectivity index (χ2v) is 5.63. The van der Waals surface area contributed by atoms with E-state index in [1.54, 1.807) is 0 Å². The van der Waals surface area contributed by atoms with Crippen LogP contribution in [0.3, 0.4) is 0 Å². The molecule has 1 aromatic rings. The number of pyridine rings is 1. The number of aliphatic hydroxyl groups excluding tert-OH is 2. The number of halogens is 1. The van der Waals surface area contributed by atoms with Gasteiger partial charge in [0.25, 0.3) is 0 Å². The van der Waals surface area contributed by atoms with Gasteiger partial charge in [-0.25, -0.2) is 4.39 Å². The van der Waals surface area contributed by atoms with Crippen molar-refractivity contribution in [3.8, 4) is 0 Å². The lowest BCUT2D eigenvalue weighted by molar-refractivity contribution is 0.0419. The van der Waals surface area contributed by atoms with E-state index in [2.05, 4.69) is 9.88 Å². The fourth-order valence-corrected chi connectivity index (χ4v) is 2.63. The zero-order chi connectivity index (χ0) is 14.5. The van der Waals surface area contributed by atoms with Crippen LogP contribution in [0.15, 0.2) is 18.3 Å². The lowest BCUT2D eigenvalue weighted by Crippen LogP contribution is -2.44. The number of rotatable bonds is 7. The number of hydrogen-bond acceptors (Lipinski definition) is 4. The topological polar surface area (TPSA) is 56.6 Å². The molecule has 20 heavy (non-hydrogen) atoms. The van der Waals surface area contributed by atoms with Crippen LogP contribution in [0.2, 0.25) is 0 Å². The Kier molecular flexibility index (Phi) is 5.46. The van der Waals surface area contributed by atoms with E-state index < -0.39 is 11.9 Å². The second kappa shape index (κ2) is 7.11. The van der Waals surface area contributed by atoms with E-state index in [0.29, 0.717) is 24.8 Å². The molecule has 1 fully saturated rings. The molecule has 2 unspecified atom stereocenters. The maximum atomic E-state index is 12.8. The maximum Gasteiger partial charge on any atom is 0.141 e. The Labute approximate surface area is 119 Å². The minimum Gasteiger partial charge on any atom is -0.395 e. The standard InChI is InChI=1S/C15H23FN2O2/c1-11(10-18(7-8-19)13-3-2-4-13)15(20)14-6-5-12(16)9-17-14/h5-6,9,11,13,15,19-20H,2-4,7-8,10H2,1H3. The summed E-state index contributed by atoms with van der Waals surface area (Å²) < 4.78 is 12.8. The van der Waals surface area contributed by atoms with Crippen LogP contribution in [0.4, 0.5) is 4.39 Å². The lowest BCUT2D eigenvalue weighted by atomic mass is 9.90. The first kappa shape index (κ1) is 15.4. The molecule has 0 amide bonds. The molecule has 1 aliphatic carbocycles. The van der Waals surface area contributed by atoms with E-state index in [0.717, 1.165) is 19.0 Å². The summed E-state index contributed by atoms with van der Waals surface area (Å²) >= 11 is 0. The van der Waals surface area contributed by atoms with E-state index in [1.165, 1.54) is 18.6 Å². The monoisotopic (exact) mass is 282 g/mol. The maximum absolute atomic E-state index is 12.8. The molecular formula is C15H23FN2O2. The van der Waals surface area contributed by atoms with Crippen LogP contribution in [0.5, 0.6) is 0 Å². The van der Waals surface area contributed by atoms with Gasteiger partial charge < -0.3 is 10.2 Å². The molecule has 4 nitrogen and oxygen atoms in total. The predicted octanol–water partition coefficient (Wildman–Crippen LogP) is 1.74. The number of aromatic nitrogens is 1. The first-order chi connectivity index (χ1) is 9.61. The van der Waals surface area contributed by atoms with Gasteiger partial charge in [0, 0.05) is 25.0 Å². The number of nitrogens with zero attached hydrogens (tertiary/aromatic N) is 2. The van der Waals surface area contributed by atoms with E-state index in [9.17, 15) is 9.50 Å². The van der Waals surface area contributed by atoms with Crippen molar-refractivity contribution in [1.29, 1.82) is 0 Å². The van der Waals surface area contributed by atoms with Crippen LogP contribution >= 0.6 is 0 Å². The van der Waals surface area contributed by atoms with Gasteiger partial charge >= 0.3 is 0 Å². The molecule has 2 rings (SSSR count). The minimum atomic E-state index is -0.711. The molecule has 0 aromatic carbocycles. The summed E-state index contributed by atoms with van der Waals surface area (Å²) in [5, 5.41) is 19.4. The Morgan fingerprint density at radius 1 is 1.45 bits per heavy atom. The van der Waals surface area contributed by atoms with Crippen molar-refractivity contribution < 1.29 is 14.6 Å². The largest absolute Gasteiger partial charge is 0.395 e. The molecule has 0 saturated heterocycles. The minimum absolute atomic E-state index is 0.0138. The average Bonchev–Trinajstić information content (AvgIpc) is 2.37. The van der Waals surface area contributed by atoms with Gasteiger partial charge in [-0.05, 0) is 25.0 Å². The number of aliphatic hydroxyl groups is 2. The SMILES string of the molecule is CC(CN(CCO)C1CCC1)C(O)c1ccc(F)cn1. The fraction of sp³-hybridized carbons (Fsp3) is 0.667. The van der Waals surface area contributed by atoms with Crippen molar-refractivity contribution in [1.82, 2.24) is 9.88 Å². The predicted molar refractivity (Wildman–Crippen MR) is 74.6 cm³/mol. The molecular weight excluding hydrogens is 259 g/mol. The highest BCUT2D eigenvalue weighted by Gasteiger charge is 2.28. The van der Waals surface area contributed by atoms with Crippen molar-refractivity contribution in [2.45, 2.75) is 38.3 Å². The summed E-state index contributed by atoms with van der Waals surface area (Å²) in [6.45, 7) is 3.44. The van der Waals surface area contributed by atoms with Gasteiger partial charge in [-0.1, -0.05) is 13.3 Å². The Morgan fingerprint density at radius 3 is 2.70 bits per heavy atom. The normalized spacial score (nSPS) is 18.9. The third kappa shape index (κ3) is 3.75. The van der Waals surface area contributed by atoms with Crippen LogP contribution < -0.4 is 0 Å². The number of hydrogen-bond donors (Lipinski definition) is 2. The Hall–Kier alpha value is -1.04. The zero-order valence-electron chi connectivity index (χ0n) is 11.9. The third-order valence-electron chi connectivity index (χ3n) is 4.09. The summed E-state index contributed by atoms with van der Waals surface area (Å²) in [5.41, 5.74) is 0.497. The van der Waals surface area contributed by atoms with Crippen LogP contribution in [0, 0.1) is 11.7 Å². The van der Waals surface area contributed by atoms with Gasteiger partial charge in [0.1, 0.15) is 5.82 Å². The van der Waals surface area contributed by atoms with Crippen LogP contribution in [-0.4, -0.2) is 45.8 Å². The van der Waals surface area contributed by atoms with Gasteiger partial charge in [-0.3, -0.25) is 9.88 Å². The third-order valence-corrected chi connectivity index (χ3v) is 4.09. The van der Waals surface area contributed by atoms with Gasteiger partial charge in [0.2, 0.25) is 0 Å². The molecule has 0 bridgehead atoms. The molecule has 0 spiro atoms. The van der Waals surface area contributed by atoms with Crippen molar-refractivity contribution >= 4 is 0 Å². The summed E-state index contributed by atoms with van der Waals surface area (Å²) in [6.07, 6.45) is 3.98. The van der Waals surface area contributed by atoms with Crippen molar-refractivity contribution in [3.05, 3.63) is 29.8 Å². The van der Waals surface area contributed by atoms with E-state index in [-0.39, 0.29) is 12.5 Å². The summed E-state index contributed by atoms with van der Waals surface area (Å²) in [4.78, 5) is 6.18. The van der Waals surface area contributed by atoms with Crippen molar-refractivity contribution in [3.63, 3.8) is 0 Å². The molecule has 2 N–H and O–H groups in total. The van der Waals surface area contributed by atoms with Gasteiger partial charge in [-0.2, -0.15) is 0 Å². The van der Waals surface area contributed by atoms with Crippen LogP contribution in [-0.2, 0) is 0 Å². The summed E-state index contributed by atoms with van der Waals surface area (Å²) in [5.74, 6) is -0.412. The Balaban J connectivity index is 1.94. The first-order valence-electron chi connectivity index (χ1n) is 7.26. The van der Waals surface area contributed by atoms with Gasteiger partial charge in [0.05, 0.1) is 24.6 Å². The quantitative estimate of drug-likeness (QED) is 0.800. The summed E-state index contributed by atoms with van der Waals surface area (Å²) in [7, 11) is 0. The van der Waals surface area contributed by atoms with Gasteiger partial charge in [0.15, 0.2) is 0 Å². The van der Waals surface area contributed by atoms with E-state index in [4.69, 9.17) is 5.11 Å². The van der Waals surface area contributed by atoms with Crippen LogP contribution in [0.25, 0.3) is 0 Å². The van der Waals surface area contributed by atoms with Gasteiger partial charge in [-0.15, -0.1) is 0 Å². The molecule has 5 heteroatoms. The molecule has 112 valence electrons. The van der Waals surface area contributed by atoms with Crippen molar-refractivity contribution in [2.75, 3.05) is 19.7 Å². The molecule has 1 aliphatic rings. The van der Waals surface area contributed by atoms with E-state index >= 15 is 0 Å². The second-order valence-electron chi connectivity index (χ2n) is 5.63. The first-order valence-corrected chi connectivity index (χ1v) is 7.26. The molecule has 1 aromatic heterocycles. The highest BCUT2D eigenvalue weighted by Crippen LogP contribution is 2.28. The lowest BCUT2D eigenvalue weighted by Gasteiger charge is -2.39. The van der Waals surface area contributed by atoms with Crippen LogP contribution in [0.1, 0.15) is 38.0 Å². The molecule has 2 atom stereocenters. The van der Waals surface area contributed by atoms with E-state index in [1.807, 2.05) is 6.92 Å². The van der Waals surface area contributed by atoms with Crippen molar-refractivity contribution in [2.24, 2.45) is 5.92 Å². The highest BCUT2D eigenvalue weighted by atomic mass is 19.1. The average molecular weight is 282 g/mol. The smallest absolute Gasteiger partial charge is 0.141 e. The Morgan fingerprint density at radius 2 is 2.20 bits per heavy atom. The summed E-state index contributed by atoms with van der Waals surface area (Å²) in [6, 6.07) is 3.37. The molecule has 1 saturated carbocycles. The zero-order valence-corrected chi connectivity index (χ0v) is 11.9. The molecule has 0 aliphatic heterocycles. The highest BCUT2D eigenvalue weighted by molar-refractivity contribution is 5.09. The fourth-order valence-electron chi connectivity index (χ4n) is 2.63. The molecule has 0 radical (unpaired) electrons.